The molecule has 0 aliphatic carbocycles. The van der Waals surface area contributed by atoms with Gasteiger partial charge in [-0.05, 0) is 24.6 Å². The van der Waals surface area contributed by atoms with Gasteiger partial charge in [0.2, 0.25) is 11.9 Å². The Kier molecular flexibility index (Phi) is 4.66. The van der Waals surface area contributed by atoms with E-state index in [0.29, 0.717) is 11.6 Å². The van der Waals surface area contributed by atoms with E-state index in [1.165, 1.54) is 0 Å². The number of aryl methyl sites for hydroxylation is 1. The highest BCUT2D eigenvalue weighted by Crippen LogP contribution is 2.26. The molecule has 1 saturated heterocycles. The molecule has 5 rings (SSSR count). The van der Waals surface area contributed by atoms with Crippen LogP contribution in [-0.4, -0.2) is 51.6 Å². The number of nitrogens with zero attached hydrogens (tertiary/aromatic N) is 6. The molecule has 2 aliphatic rings. The van der Waals surface area contributed by atoms with Crippen LogP contribution in [0.5, 0.6) is 0 Å². The van der Waals surface area contributed by atoms with Crippen molar-refractivity contribution in [3.05, 3.63) is 82.4 Å². The molecule has 30 heavy (non-hydrogen) atoms. The van der Waals surface area contributed by atoms with E-state index in [-0.39, 0.29) is 5.56 Å². The number of anilines is 2. The number of nitrogens with one attached hydrogen (secondary N) is 1. The van der Waals surface area contributed by atoms with Crippen LogP contribution in [-0.2, 0) is 0 Å². The van der Waals surface area contributed by atoms with Crippen molar-refractivity contribution in [3.63, 3.8) is 0 Å². The van der Waals surface area contributed by atoms with Gasteiger partial charge in [0.05, 0.1) is 0 Å². The molecule has 1 atom stereocenters. The average Bonchev–Trinajstić information content (AvgIpc) is 2.79. The van der Waals surface area contributed by atoms with Crippen molar-refractivity contribution in [1.82, 2.24) is 19.4 Å². The van der Waals surface area contributed by atoms with Gasteiger partial charge in [0, 0.05) is 44.1 Å². The van der Waals surface area contributed by atoms with Gasteiger partial charge in [-0.1, -0.05) is 36.4 Å². The lowest BCUT2D eigenvalue weighted by Gasteiger charge is -2.39. The van der Waals surface area contributed by atoms with Crippen molar-refractivity contribution in [1.29, 1.82) is 0 Å². The summed E-state index contributed by atoms with van der Waals surface area (Å²) in [4.78, 5) is 31.2. The Labute approximate surface area is 174 Å². The number of aromatic nitrogens is 3. The smallest absolute Gasteiger partial charge is 0.257 e. The summed E-state index contributed by atoms with van der Waals surface area (Å²) in [5.41, 5.74) is 1.53. The first kappa shape index (κ1) is 18.4. The zero-order chi connectivity index (χ0) is 20.5. The molecule has 0 spiro atoms. The van der Waals surface area contributed by atoms with Crippen LogP contribution in [0.25, 0.3) is 0 Å². The van der Waals surface area contributed by atoms with E-state index >= 15 is 0 Å². The molecular weight excluding hydrogens is 378 g/mol. The second kappa shape index (κ2) is 7.62. The van der Waals surface area contributed by atoms with Crippen LogP contribution in [0.1, 0.15) is 17.4 Å². The van der Waals surface area contributed by atoms with Gasteiger partial charge in [-0.25, -0.2) is 15.0 Å². The highest BCUT2D eigenvalue weighted by molar-refractivity contribution is 5.93. The third-order valence-electron chi connectivity index (χ3n) is 5.44. The van der Waals surface area contributed by atoms with Crippen molar-refractivity contribution in [2.24, 2.45) is 4.99 Å². The van der Waals surface area contributed by atoms with Crippen LogP contribution < -0.4 is 15.8 Å². The van der Waals surface area contributed by atoms with Gasteiger partial charge in [-0.15, -0.1) is 0 Å². The lowest BCUT2D eigenvalue weighted by atomic mass is 10.1. The molecule has 0 bridgehead atoms. The SMILES string of the molecule is Cc1cc(=O)n2c(n1)NC(N1CCN(c3ccccn3)CC1)=N[C@H]2c1ccccc1. The lowest BCUT2D eigenvalue weighted by molar-refractivity contribution is 0.375. The van der Waals surface area contributed by atoms with Gasteiger partial charge in [0.1, 0.15) is 5.82 Å². The van der Waals surface area contributed by atoms with Crippen LogP contribution in [0.2, 0.25) is 0 Å². The lowest BCUT2D eigenvalue weighted by Crippen LogP contribution is -2.52. The largest absolute Gasteiger partial charge is 0.353 e. The second-order valence-corrected chi connectivity index (χ2v) is 7.45. The van der Waals surface area contributed by atoms with E-state index in [1.54, 1.807) is 10.6 Å². The minimum absolute atomic E-state index is 0.110. The predicted molar refractivity (Wildman–Crippen MR) is 117 cm³/mol. The standard InChI is InChI=1S/C22H23N7O/c1-16-15-19(30)29-20(17-7-3-2-4-8-17)25-21(26-22(29)24-16)28-13-11-27(12-14-28)18-9-5-6-10-23-18/h2-10,15,20H,11-14H2,1H3,(H,24,25,26)/t20-/m1/s1. The summed E-state index contributed by atoms with van der Waals surface area (Å²) in [6, 6.07) is 17.4. The number of hydrogen-bond donors (Lipinski definition) is 1. The Balaban J connectivity index is 1.45. The van der Waals surface area contributed by atoms with Gasteiger partial charge in [-0.2, -0.15) is 0 Å². The number of guanidine groups is 1. The normalized spacial score (nSPS) is 18.4. The summed E-state index contributed by atoms with van der Waals surface area (Å²) in [5.74, 6) is 2.28. The number of benzene rings is 1. The average molecular weight is 401 g/mol. The third kappa shape index (κ3) is 3.41. The van der Waals surface area contributed by atoms with Crippen molar-refractivity contribution >= 4 is 17.7 Å². The Hall–Kier alpha value is -3.68. The van der Waals surface area contributed by atoms with E-state index in [9.17, 15) is 4.79 Å². The van der Waals surface area contributed by atoms with Gasteiger partial charge in [0.25, 0.3) is 5.56 Å². The molecule has 1 fully saturated rings. The molecule has 1 aromatic carbocycles. The highest BCUT2D eigenvalue weighted by Gasteiger charge is 2.29. The fraction of sp³-hybridized carbons (Fsp3) is 0.273. The van der Waals surface area contributed by atoms with Crippen LogP contribution in [0, 0.1) is 6.92 Å². The molecule has 8 nitrogen and oxygen atoms in total. The zero-order valence-electron chi connectivity index (χ0n) is 16.8. The maximum Gasteiger partial charge on any atom is 0.257 e. The Morgan fingerprint density at radius 2 is 1.70 bits per heavy atom. The number of pyridine rings is 1. The molecule has 0 saturated carbocycles. The molecule has 2 aliphatic heterocycles. The molecule has 0 radical (unpaired) electrons. The Morgan fingerprint density at radius 3 is 2.43 bits per heavy atom. The minimum Gasteiger partial charge on any atom is -0.353 e. The Bertz CT molecular complexity index is 1120. The van der Waals surface area contributed by atoms with Crippen molar-refractivity contribution < 1.29 is 0 Å². The van der Waals surface area contributed by atoms with Gasteiger partial charge >= 0.3 is 0 Å². The number of piperazine rings is 1. The molecule has 0 unspecified atom stereocenters. The summed E-state index contributed by atoms with van der Waals surface area (Å²) < 4.78 is 1.62. The quantitative estimate of drug-likeness (QED) is 0.709. The van der Waals surface area contributed by atoms with E-state index in [0.717, 1.165) is 43.5 Å². The summed E-state index contributed by atoms with van der Waals surface area (Å²) in [5, 5.41) is 3.30. The van der Waals surface area contributed by atoms with Crippen LogP contribution in [0.15, 0.2) is 70.6 Å². The maximum absolute atomic E-state index is 12.7. The van der Waals surface area contributed by atoms with E-state index < -0.39 is 6.17 Å². The van der Waals surface area contributed by atoms with Crippen LogP contribution in [0.3, 0.4) is 0 Å². The highest BCUT2D eigenvalue weighted by atomic mass is 16.1. The van der Waals surface area contributed by atoms with E-state index in [1.807, 2.05) is 61.7 Å². The van der Waals surface area contributed by atoms with E-state index in [4.69, 9.17) is 4.99 Å². The molecule has 0 amide bonds. The fourth-order valence-corrected chi connectivity index (χ4v) is 3.93. The van der Waals surface area contributed by atoms with Crippen LogP contribution in [0.4, 0.5) is 11.8 Å². The summed E-state index contributed by atoms with van der Waals surface area (Å²) in [7, 11) is 0. The first-order valence-corrected chi connectivity index (χ1v) is 10.1. The number of fused-ring (bicyclic) bond motifs is 1. The molecule has 1 N–H and O–H groups in total. The van der Waals surface area contributed by atoms with Gasteiger partial charge in [0.15, 0.2) is 6.17 Å². The molecular formula is C22H23N7O. The summed E-state index contributed by atoms with van der Waals surface area (Å²) in [6.45, 7) is 5.14. The number of hydrogen-bond acceptors (Lipinski definition) is 7. The Morgan fingerprint density at radius 1 is 0.967 bits per heavy atom. The molecule has 3 aromatic rings. The van der Waals surface area contributed by atoms with Crippen molar-refractivity contribution in [2.75, 3.05) is 36.4 Å². The third-order valence-corrected chi connectivity index (χ3v) is 5.44. The molecule has 8 heteroatoms. The van der Waals surface area contributed by atoms with Crippen molar-refractivity contribution in [3.8, 4) is 0 Å². The molecule has 4 heterocycles. The first-order valence-electron chi connectivity index (χ1n) is 10.1. The van der Waals surface area contributed by atoms with E-state index in [2.05, 4.69) is 25.1 Å². The zero-order valence-corrected chi connectivity index (χ0v) is 16.8. The molecule has 152 valence electrons. The molecule has 2 aromatic heterocycles. The fourth-order valence-electron chi connectivity index (χ4n) is 3.93. The predicted octanol–water partition coefficient (Wildman–Crippen LogP) is 2.10. The van der Waals surface area contributed by atoms with Crippen LogP contribution >= 0.6 is 0 Å². The number of rotatable bonds is 2. The van der Waals surface area contributed by atoms with Gasteiger partial charge in [-0.3, -0.25) is 14.7 Å². The number of aliphatic imine (C=N–C) groups is 1. The summed E-state index contributed by atoms with van der Waals surface area (Å²) in [6.07, 6.45) is 1.38. The maximum atomic E-state index is 12.7. The first-order chi connectivity index (χ1) is 14.7. The van der Waals surface area contributed by atoms with Gasteiger partial charge < -0.3 is 9.80 Å². The monoisotopic (exact) mass is 401 g/mol. The van der Waals surface area contributed by atoms with Crippen molar-refractivity contribution in [2.45, 2.75) is 13.1 Å². The minimum atomic E-state index is -0.438. The summed E-state index contributed by atoms with van der Waals surface area (Å²) >= 11 is 0. The second-order valence-electron chi connectivity index (χ2n) is 7.45. The topological polar surface area (TPSA) is 78.7 Å².